The van der Waals surface area contributed by atoms with Crippen molar-refractivity contribution >= 4 is 43.3 Å². The molecule has 0 saturated heterocycles. The van der Waals surface area contributed by atoms with Gasteiger partial charge in [0.1, 0.15) is 17.0 Å². The third-order valence-electron chi connectivity index (χ3n) is 3.39. The molecule has 9 heteroatoms. The molecule has 0 aliphatic rings. The van der Waals surface area contributed by atoms with E-state index >= 15 is 0 Å². The highest BCUT2D eigenvalue weighted by Gasteiger charge is 2.18. The first-order chi connectivity index (χ1) is 11.4. The van der Waals surface area contributed by atoms with E-state index in [4.69, 9.17) is 0 Å². The molecule has 0 aliphatic heterocycles. The van der Waals surface area contributed by atoms with Crippen LogP contribution in [-0.4, -0.2) is 42.7 Å². The minimum atomic E-state index is -3.52. The van der Waals surface area contributed by atoms with E-state index in [1.165, 1.54) is 56.0 Å². The lowest BCUT2D eigenvalue weighted by Gasteiger charge is -2.11. The molecule has 0 radical (unpaired) electrons. The molecule has 1 amide bonds. The predicted molar refractivity (Wildman–Crippen MR) is 92.7 cm³/mol. The van der Waals surface area contributed by atoms with E-state index < -0.39 is 10.0 Å². The number of benzene rings is 1. The Kier molecular flexibility index (Phi) is 4.31. The van der Waals surface area contributed by atoms with Crippen molar-refractivity contribution in [1.29, 1.82) is 0 Å². The van der Waals surface area contributed by atoms with E-state index in [1.807, 2.05) is 11.4 Å². The van der Waals surface area contributed by atoms with Crippen LogP contribution in [0.2, 0.25) is 0 Å². The maximum Gasteiger partial charge on any atom is 0.256 e. The second-order valence-electron chi connectivity index (χ2n) is 5.13. The monoisotopic (exact) mass is 362 g/mol. The van der Waals surface area contributed by atoms with Crippen LogP contribution in [0.1, 0.15) is 10.4 Å². The minimum absolute atomic E-state index is 0.131. The van der Waals surface area contributed by atoms with E-state index in [1.54, 1.807) is 0 Å². The average Bonchev–Trinajstić information content (AvgIpc) is 3.04. The fourth-order valence-corrected chi connectivity index (χ4v) is 3.69. The largest absolute Gasteiger partial charge is 0.306 e. The summed E-state index contributed by atoms with van der Waals surface area (Å²) in [5.74, 6) is 0.0613. The molecular formula is C15H14N4O3S2. The van der Waals surface area contributed by atoms with Crippen molar-refractivity contribution in [3.8, 4) is 0 Å². The number of nitrogens with one attached hydrogen (secondary N) is 1. The summed E-state index contributed by atoms with van der Waals surface area (Å²) in [6, 6.07) is 7.59. The molecule has 0 spiro atoms. The molecule has 0 unspecified atom stereocenters. The van der Waals surface area contributed by atoms with Crippen molar-refractivity contribution < 1.29 is 13.2 Å². The smallest absolute Gasteiger partial charge is 0.256 e. The number of aromatic nitrogens is 2. The standard InChI is InChI=1S/C15H14N4O3S2/c1-19(2)24(21,22)11-5-3-10(4-6-11)14(20)18-13-12-7-8-23-15(12)17-9-16-13/h3-9H,1-2H3,(H,16,17,18,20). The zero-order valence-electron chi connectivity index (χ0n) is 12.9. The highest BCUT2D eigenvalue weighted by Crippen LogP contribution is 2.24. The molecule has 2 heterocycles. The summed E-state index contributed by atoms with van der Waals surface area (Å²) < 4.78 is 25.2. The highest BCUT2D eigenvalue weighted by molar-refractivity contribution is 7.89. The molecule has 1 N–H and O–H groups in total. The van der Waals surface area contributed by atoms with Crippen LogP contribution in [0.25, 0.3) is 10.2 Å². The quantitative estimate of drug-likeness (QED) is 0.768. The molecule has 2 aromatic heterocycles. The molecule has 0 fully saturated rings. The zero-order chi connectivity index (χ0) is 17.3. The SMILES string of the molecule is CN(C)S(=O)(=O)c1ccc(C(=O)Nc2ncnc3sccc23)cc1. The van der Waals surface area contributed by atoms with Gasteiger partial charge in [0, 0.05) is 19.7 Å². The van der Waals surface area contributed by atoms with Crippen LogP contribution in [0.5, 0.6) is 0 Å². The first kappa shape index (κ1) is 16.5. The Morgan fingerprint density at radius 2 is 1.83 bits per heavy atom. The number of hydrogen-bond donors (Lipinski definition) is 1. The molecule has 3 aromatic rings. The Hall–Kier alpha value is -2.36. The van der Waals surface area contributed by atoms with Gasteiger partial charge in [-0.2, -0.15) is 0 Å². The molecular weight excluding hydrogens is 348 g/mol. The normalized spacial score (nSPS) is 11.8. The lowest BCUT2D eigenvalue weighted by Crippen LogP contribution is -2.22. The van der Waals surface area contributed by atoms with Gasteiger partial charge in [-0.3, -0.25) is 4.79 Å². The van der Waals surface area contributed by atoms with Gasteiger partial charge in [-0.25, -0.2) is 22.7 Å². The number of thiophene rings is 1. The van der Waals surface area contributed by atoms with Crippen molar-refractivity contribution in [3.05, 3.63) is 47.6 Å². The number of carbonyl (C=O) groups is 1. The summed E-state index contributed by atoms with van der Waals surface area (Å²) in [7, 11) is -0.606. The second-order valence-corrected chi connectivity index (χ2v) is 8.17. The van der Waals surface area contributed by atoms with Crippen LogP contribution in [0.3, 0.4) is 0 Å². The minimum Gasteiger partial charge on any atom is -0.306 e. The Morgan fingerprint density at radius 3 is 2.50 bits per heavy atom. The molecule has 0 atom stereocenters. The summed E-state index contributed by atoms with van der Waals surface area (Å²) in [4.78, 5) is 21.5. The van der Waals surface area contributed by atoms with Crippen molar-refractivity contribution in [2.24, 2.45) is 0 Å². The van der Waals surface area contributed by atoms with Gasteiger partial charge in [0.2, 0.25) is 10.0 Å². The summed E-state index contributed by atoms with van der Waals surface area (Å²) in [6.07, 6.45) is 1.39. The number of hydrogen-bond acceptors (Lipinski definition) is 6. The lowest BCUT2D eigenvalue weighted by molar-refractivity contribution is 0.102. The number of rotatable bonds is 4. The van der Waals surface area contributed by atoms with Gasteiger partial charge in [-0.15, -0.1) is 11.3 Å². The van der Waals surface area contributed by atoms with Crippen LogP contribution >= 0.6 is 11.3 Å². The van der Waals surface area contributed by atoms with E-state index in [9.17, 15) is 13.2 Å². The Balaban J connectivity index is 1.85. The van der Waals surface area contributed by atoms with Crippen LogP contribution in [0.4, 0.5) is 5.82 Å². The van der Waals surface area contributed by atoms with Crippen LogP contribution < -0.4 is 5.32 Å². The molecule has 0 aliphatic carbocycles. The fourth-order valence-electron chi connectivity index (χ4n) is 2.06. The van der Waals surface area contributed by atoms with E-state index in [-0.39, 0.29) is 10.8 Å². The number of amides is 1. The summed E-state index contributed by atoms with van der Waals surface area (Å²) >= 11 is 1.46. The third kappa shape index (κ3) is 3.01. The maximum atomic E-state index is 12.3. The Labute approximate surface area is 143 Å². The van der Waals surface area contributed by atoms with Gasteiger partial charge in [-0.05, 0) is 35.7 Å². The number of carbonyl (C=O) groups excluding carboxylic acids is 1. The topological polar surface area (TPSA) is 92.3 Å². The molecule has 0 bridgehead atoms. The van der Waals surface area contributed by atoms with Gasteiger partial charge in [0.05, 0.1) is 10.3 Å². The van der Waals surface area contributed by atoms with Crippen molar-refractivity contribution in [1.82, 2.24) is 14.3 Å². The molecule has 124 valence electrons. The molecule has 0 saturated carbocycles. The molecule has 1 aromatic carbocycles. The molecule has 24 heavy (non-hydrogen) atoms. The second kappa shape index (κ2) is 6.27. The number of nitrogens with zero attached hydrogens (tertiary/aromatic N) is 3. The number of fused-ring (bicyclic) bond motifs is 1. The predicted octanol–water partition coefficient (Wildman–Crippen LogP) is 2.19. The van der Waals surface area contributed by atoms with Gasteiger partial charge in [0.25, 0.3) is 5.91 Å². The van der Waals surface area contributed by atoms with Crippen molar-refractivity contribution in [2.75, 3.05) is 19.4 Å². The maximum absolute atomic E-state index is 12.3. The van der Waals surface area contributed by atoms with E-state index in [0.29, 0.717) is 11.4 Å². The number of sulfonamides is 1. The highest BCUT2D eigenvalue weighted by atomic mass is 32.2. The number of anilines is 1. The fraction of sp³-hybridized carbons (Fsp3) is 0.133. The summed E-state index contributed by atoms with van der Waals surface area (Å²) in [5.41, 5.74) is 0.342. The zero-order valence-corrected chi connectivity index (χ0v) is 14.6. The van der Waals surface area contributed by atoms with Crippen molar-refractivity contribution in [3.63, 3.8) is 0 Å². The first-order valence-corrected chi connectivity index (χ1v) is 9.24. The summed E-state index contributed by atoms with van der Waals surface area (Å²) in [5, 5.41) is 5.36. The molecule has 3 rings (SSSR count). The van der Waals surface area contributed by atoms with Gasteiger partial charge < -0.3 is 5.32 Å². The van der Waals surface area contributed by atoms with Crippen molar-refractivity contribution in [2.45, 2.75) is 4.90 Å². The van der Waals surface area contributed by atoms with Gasteiger partial charge >= 0.3 is 0 Å². The van der Waals surface area contributed by atoms with Crippen LogP contribution in [0, 0.1) is 0 Å². The average molecular weight is 362 g/mol. The van der Waals surface area contributed by atoms with E-state index in [2.05, 4.69) is 15.3 Å². The van der Waals surface area contributed by atoms with Gasteiger partial charge in [-0.1, -0.05) is 0 Å². The Bertz CT molecular complexity index is 995. The van der Waals surface area contributed by atoms with Crippen LogP contribution in [0.15, 0.2) is 46.9 Å². The van der Waals surface area contributed by atoms with E-state index in [0.717, 1.165) is 14.5 Å². The molecule has 7 nitrogen and oxygen atoms in total. The first-order valence-electron chi connectivity index (χ1n) is 6.92. The summed E-state index contributed by atoms with van der Waals surface area (Å²) in [6.45, 7) is 0. The Morgan fingerprint density at radius 1 is 1.12 bits per heavy atom. The lowest BCUT2D eigenvalue weighted by atomic mass is 10.2. The third-order valence-corrected chi connectivity index (χ3v) is 6.04. The van der Waals surface area contributed by atoms with Gasteiger partial charge in [0.15, 0.2) is 0 Å². The van der Waals surface area contributed by atoms with Crippen LogP contribution in [-0.2, 0) is 10.0 Å².